The molecular formula is C18H16F2O5S. The number of carbonyl (C=O) groups is 1. The summed E-state index contributed by atoms with van der Waals surface area (Å²) in [6.07, 6.45) is 3.58. The Balaban J connectivity index is 2.28. The number of ether oxygens (including phenoxy) is 2. The summed E-state index contributed by atoms with van der Waals surface area (Å²) in [7, 11) is -2.04. The zero-order valence-electron chi connectivity index (χ0n) is 14.0. The van der Waals surface area contributed by atoms with Gasteiger partial charge in [-0.1, -0.05) is 12.1 Å². The number of benzene rings is 2. The van der Waals surface area contributed by atoms with Crippen LogP contribution in [0.25, 0.3) is 6.08 Å². The lowest BCUT2D eigenvalue weighted by molar-refractivity contribution is -0.0513. The zero-order chi connectivity index (χ0) is 19.3. The Bertz CT molecular complexity index is 919. The summed E-state index contributed by atoms with van der Waals surface area (Å²) in [4.78, 5) is 12.3. The van der Waals surface area contributed by atoms with Crippen molar-refractivity contribution in [3.05, 3.63) is 59.7 Å². The molecule has 0 aromatic heterocycles. The molecule has 0 aliphatic heterocycles. The Hall–Kier alpha value is -2.74. The van der Waals surface area contributed by atoms with Gasteiger partial charge >= 0.3 is 6.61 Å². The van der Waals surface area contributed by atoms with E-state index in [4.69, 9.17) is 4.74 Å². The summed E-state index contributed by atoms with van der Waals surface area (Å²) in [6, 6.07) is 9.94. The van der Waals surface area contributed by atoms with E-state index in [2.05, 4.69) is 4.74 Å². The third-order valence-electron chi connectivity index (χ3n) is 3.42. The van der Waals surface area contributed by atoms with E-state index in [9.17, 15) is 22.0 Å². The highest BCUT2D eigenvalue weighted by Gasteiger charge is 2.14. The number of hydrogen-bond donors (Lipinski definition) is 0. The number of methoxy groups -OCH3 is 1. The van der Waals surface area contributed by atoms with Crippen molar-refractivity contribution in [2.75, 3.05) is 13.4 Å². The molecule has 0 aliphatic carbocycles. The number of halogens is 2. The van der Waals surface area contributed by atoms with Gasteiger partial charge in [0.05, 0.1) is 12.0 Å². The fourth-order valence-electron chi connectivity index (χ4n) is 2.17. The summed E-state index contributed by atoms with van der Waals surface area (Å²) in [6.45, 7) is -3.04. The molecule has 0 saturated heterocycles. The SMILES string of the molecule is COc1cccc(/C=C/C(=O)c2ccc(S(C)(=O)=O)cc2)c1OC(F)F. The topological polar surface area (TPSA) is 69.7 Å². The third kappa shape index (κ3) is 4.89. The fourth-order valence-corrected chi connectivity index (χ4v) is 2.80. The van der Waals surface area contributed by atoms with Gasteiger partial charge in [-0.05, 0) is 42.5 Å². The van der Waals surface area contributed by atoms with E-state index < -0.39 is 22.2 Å². The van der Waals surface area contributed by atoms with E-state index in [1.807, 2.05) is 0 Å². The van der Waals surface area contributed by atoms with Crippen LogP contribution < -0.4 is 9.47 Å². The molecule has 0 saturated carbocycles. The maximum Gasteiger partial charge on any atom is 0.387 e. The van der Waals surface area contributed by atoms with E-state index in [0.29, 0.717) is 0 Å². The lowest BCUT2D eigenvalue weighted by Gasteiger charge is -2.12. The van der Waals surface area contributed by atoms with Crippen molar-refractivity contribution in [3.8, 4) is 11.5 Å². The normalized spacial score (nSPS) is 11.7. The molecule has 0 radical (unpaired) electrons. The predicted octanol–water partition coefficient (Wildman–Crippen LogP) is 3.60. The first kappa shape index (κ1) is 19.6. The molecule has 0 heterocycles. The van der Waals surface area contributed by atoms with Gasteiger partial charge in [-0.25, -0.2) is 8.42 Å². The van der Waals surface area contributed by atoms with Gasteiger partial charge in [-0.15, -0.1) is 0 Å². The molecular weight excluding hydrogens is 366 g/mol. The number of rotatable bonds is 7. The molecule has 2 rings (SSSR count). The molecule has 0 unspecified atom stereocenters. The summed E-state index contributed by atoms with van der Waals surface area (Å²) >= 11 is 0. The zero-order valence-corrected chi connectivity index (χ0v) is 14.8. The van der Waals surface area contributed by atoms with Crippen LogP contribution in [0.2, 0.25) is 0 Å². The third-order valence-corrected chi connectivity index (χ3v) is 4.55. The van der Waals surface area contributed by atoms with Crippen LogP contribution in [0.1, 0.15) is 15.9 Å². The first-order valence-corrected chi connectivity index (χ1v) is 9.26. The average molecular weight is 382 g/mol. The van der Waals surface area contributed by atoms with Crippen molar-refractivity contribution < 1.29 is 31.5 Å². The minimum absolute atomic E-state index is 0.0958. The molecule has 8 heteroatoms. The maximum absolute atomic E-state index is 12.6. The summed E-state index contributed by atoms with van der Waals surface area (Å²) in [5.41, 5.74) is 0.499. The molecule has 0 aliphatic rings. The van der Waals surface area contributed by atoms with Crippen LogP contribution in [0.3, 0.4) is 0 Å². The monoisotopic (exact) mass is 382 g/mol. The van der Waals surface area contributed by atoms with Crippen molar-refractivity contribution in [3.63, 3.8) is 0 Å². The van der Waals surface area contributed by atoms with Crippen molar-refractivity contribution in [2.24, 2.45) is 0 Å². The van der Waals surface area contributed by atoms with Crippen LogP contribution in [0.5, 0.6) is 11.5 Å². The molecule has 2 aromatic rings. The molecule has 0 fully saturated rings. The Morgan fingerprint density at radius 2 is 1.77 bits per heavy atom. The molecule has 0 atom stereocenters. The molecule has 0 amide bonds. The minimum Gasteiger partial charge on any atom is -0.493 e. The highest BCUT2D eigenvalue weighted by atomic mass is 32.2. The number of para-hydroxylation sites is 1. The number of carbonyl (C=O) groups excluding carboxylic acids is 1. The van der Waals surface area contributed by atoms with Crippen molar-refractivity contribution in [2.45, 2.75) is 11.5 Å². The van der Waals surface area contributed by atoms with Crippen LogP contribution >= 0.6 is 0 Å². The van der Waals surface area contributed by atoms with Gasteiger partial charge in [0.15, 0.2) is 27.1 Å². The molecule has 5 nitrogen and oxygen atoms in total. The van der Waals surface area contributed by atoms with Crippen molar-refractivity contribution in [1.29, 1.82) is 0 Å². The Kier molecular flexibility index (Phi) is 6.10. The second kappa shape index (κ2) is 8.09. The second-order valence-electron chi connectivity index (χ2n) is 5.25. The molecule has 2 aromatic carbocycles. The standard InChI is InChI=1S/C18H16F2O5S/c1-24-16-5-3-4-13(17(16)25-18(19)20)8-11-15(21)12-6-9-14(10-7-12)26(2,22)23/h3-11,18H,1-2H3/b11-8+. The van der Waals surface area contributed by atoms with Crippen LogP contribution in [0.15, 0.2) is 53.4 Å². The molecule has 138 valence electrons. The number of sulfone groups is 1. The lowest BCUT2D eigenvalue weighted by atomic mass is 10.1. The van der Waals surface area contributed by atoms with Gasteiger partial charge < -0.3 is 9.47 Å². The minimum atomic E-state index is -3.36. The summed E-state index contributed by atoms with van der Waals surface area (Å²) < 4.78 is 57.5. The number of allylic oxidation sites excluding steroid dienone is 1. The maximum atomic E-state index is 12.6. The number of alkyl halides is 2. The van der Waals surface area contributed by atoms with Crippen molar-refractivity contribution >= 4 is 21.7 Å². The quantitative estimate of drug-likeness (QED) is 0.541. The van der Waals surface area contributed by atoms with Gasteiger partial charge in [-0.3, -0.25) is 4.79 Å². The van der Waals surface area contributed by atoms with Gasteiger partial charge in [0.25, 0.3) is 0 Å². The first-order chi connectivity index (χ1) is 12.2. The molecule has 26 heavy (non-hydrogen) atoms. The van der Waals surface area contributed by atoms with Crippen molar-refractivity contribution in [1.82, 2.24) is 0 Å². The van der Waals surface area contributed by atoms with Crippen LogP contribution in [0.4, 0.5) is 8.78 Å². The van der Waals surface area contributed by atoms with Crippen LogP contribution in [-0.4, -0.2) is 34.2 Å². The molecule has 0 spiro atoms. The second-order valence-corrected chi connectivity index (χ2v) is 7.27. The van der Waals surface area contributed by atoms with E-state index in [1.165, 1.54) is 55.7 Å². The molecule has 0 N–H and O–H groups in total. The number of hydrogen-bond acceptors (Lipinski definition) is 5. The predicted molar refractivity (Wildman–Crippen MR) is 92.5 cm³/mol. The van der Waals surface area contributed by atoms with E-state index in [1.54, 1.807) is 6.07 Å². The van der Waals surface area contributed by atoms with Gasteiger partial charge in [0.1, 0.15) is 0 Å². The Morgan fingerprint density at radius 3 is 2.31 bits per heavy atom. The highest BCUT2D eigenvalue weighted by Crippen LogP contribution is 2.33. The Labute approximate surface area is 149 Å². The highest BCUT2D eigenvalue weighted by molar-refractivity contribution is 7.90. The smallest absolute Gasteiger partial charge is 0.387 e. The van der Waals surface area contributed by atoms with Gasteiger partial charge in [0.2, 0.25) is 0 Å². The number of ketones is 1. The molecule has 0 bridgehead atoms. The van der Waals surface area contributed by atoms with E-state index in [0.717, 1.165) is 6.26 Å². The largest absolute Gasteiger partial charge is 0.493 e. The van der Waals surface area contributed by atoms with E-state index in [-0.39, 0.29) is 27.5 Å². The fraction of sp³-hybridized carbons (Fsp3) is 0.167. The van der Waals surface area contributed by atoms with Gasteiger partial charge in [0, 0.05) is 17.4 Å². The van der Waals surface area contributed by atoms with Crippen LogP contribution in [-0.2, 0) is 9.84 Å². The van der Waals surface area contributed by atoms with Crippen LogP contribution in [0, 0.1) is 0 Å². The van der Waals surface area contributed by atoms with E-state index >= 15 is 0 Å². The lowest BCUT2D eigenvalue weighted by Crippen LogP contribution is -2.05. The average Bonchev–Trinajstić information content (AvgIpc) is 2.59. The van der Waals surface area contributed by atoms with Gasteiger partial charge in [-0.2, -0.15) is 8.78 Å². The summed E-state index contributed by atoms with van der Waals surface area (Å²) in [5.74, 6) is -0.491. The summed E-state index contributed by atoms with van der Waals surface area (Å²) in [5, 5.41) is 0. The Morgan fingerprint density at radius 1 is 1.12 bits per heavy atom. The first-order valence-electron chi connectivity index (χ1n) is 7.36.